The number of ketones is 1. The zero-order valence-corrected chi connectivity index (χ0v) is 14.1. The van der Waals surface area contributed by atoms with E-state index in [0.717, 1.165) is 22.5 Å². The van der Waals surface area contributed by atoms with Gasteiger partial charge in [-0.2, -0.15) is 0 Å². The Hall–Kier alpha value is -0.680. The van der Waals surface area contributed by atoms with E-state index in [0.29, 0.717) is 19.1 Å². The zero-order valence-electron chi connectivity index (χ0n) is 10.9. The van der Waals surface area contributed by atoms with E-state index in [2.05, 4.69) is 0 Å². The second-order valence-electron chi connectivity index (χ2n) is 4.42. The normalized spacial score (nSPS) is 12.4. The molecule has 20 heavy (non-hydrogen) atoms. The number of rotatable bonds is 4. The minimum absolute atomic E-state index is 0.0862. The van der Waals surface area contributed by atoms with Crippen LogP contribution in [0.3, 0.4) is 0 Å². The van der Waals surface area contributed by atoms with Crippen molar-refractivity contribution in [3.05, 3.63) is 49.6 Å². The van der Waals surface area contributed by atoms with Crippen LogP contribution in [0.25, 0.3) is 0 Å². The Kier molecular flexibility index (Phi) is 5.02. The van der Waals surface area contributed by atoms with Crippen molar-refractivity contribution < 1.29 is 9.00 Å². The fraction of sp³-hybridized carbons (Fsp3) is 0.214. The number of halogens is 2. The van der Waals surface area contributed by atoms with Crippen molar-refractivity contribution in [2.75, 3.05) is 5.75 Å². The van der Waals surface area contributed by atoms with Crippen molar-refractivity contribution in [2.24, 2.45) is 0 Å². The first-order valence-corrected chi connectivity index (χ1v) is 8.71. The van der Waals surface area contributed by atoms with Crippen LogP contribution in [-0.2, 0) is 10.8 Å². The lowest BCUT2D eigenvalue weighted by Crippen LogP contribution is -2.11. The number of hydrogen-bond donors (Lipinski definition) is 0. The van der Waals surface area contributed by atoms with Crippen molar-refractivity contribution in [1.82, 2.24) is 0 Å². The summed E-state index contributed by atoms with van der Waals surface area (Å²) in [7, 11) is -1.38. The highest BCUT2D eigenvalue weighted by molar-refractivity contribution is 7.85. The van der Waals surface area contributed by atoms with E-state index in [-0.39, 0.29) is 11.5 Å². The van der Waals surface area contributed by atoms with Gasteiger partial charge in [-0.15, -0.1) is 11.3 Å². The van der Waals surface area contributed by atoms with Gasteiger partial charge < -0.3 is 0 Å². The maximum Gasteiger partial charge on any atom is 0.178 e. The molecular formula is C14H12Cl2O2S2. The van der Waals surface area contributed by atoms with E-state index >= 15 is 0 Å². The summed E-state index contributed by atoms with van der Waals surface area (Å²) in [6, 6.07) is 7.23. The van der Waals surface area contributed by atoms with Crippen LogP contribution in [0.4, 0.5) is 0 Å². The second kappa shape index (κ2) is 6.39. The highest BCUT2D eigenvalue weighted by Crippen LogP contribution is 2.31. The van der Waals surface area contributed by atoms with Gasteiger partial charge in [0.2, 0.25) is 0 Å². The molecule has 2 nitrogen and oxygen atoms in total. The van der Waals surface area contributed by atoms with E-state index in [1.807, 2.05) is 32.0 Å². The van der Waals surface area contributed by atoms with Gasteiger partial charge in [-0.25, -0.2) is 0 Å². The number of carbonyl (C=O) groups is 1. The topological polar surface area (TPSA) is 34.1 Å². The molecule has 0 spiro atoms. The van der Waals surface area contributed by atoms with Crippen molar-refractivity contribution in [3.63, 3.8) is 0 Å². The second-order valence-corrected chi connectivity index (χ2v) is 8.13. The summed E-state index contributed by atoms with van der Waals surface area (Å²) in [6.45, 7) is 3.81. The fourth-order valence-corrected chi connectivity index (χ4v) is 4.55. The molecule has 0 aliphatic heterocycles. The predicted octanol–water partition coefficient (Wildman–Crippen LogP) is 4.66. The molecule has 1 aromatic heterocycles. The molecular weight excluding hydrogens is 335 g/mol. The van der Waals surface area contributed by atoms with Crippen LogP contribution in [0, 0.1) is 13.8 Å². The maximum absolute atomic E-state index is 12.3. The minimum Gasteiger partial charge on any atom is -0.293 e. The quantitative estimate of drug-likeness (QED) is 0.754. The molecule has 1 unspecified atom stereocenters. The highest BCUT2D eigenvalue weighted by atomic mass is 35.5. The van der Waals surface area contributed by atoms with Crippen LogP contribution in [0.15, 0.2) is 29.2 Å². The molecule has 0 bridgehead atoms. The third-order valence-corrected chi connectivity index (χ3v) is 5.75. The Morgan fingerprint density at radius 3 is 2.55 bits per heavy atom. The largest absolute Gasteiger partial charge is 0.293 e. The van der Waals surface area contributed by atoms with E-state index in [1.54, 1.807) is 0 Å². The molecule has 0 aliphatic carbocycles. The van der Waals surface area contributed by atoms with E-state index in [1.165, 1.54) is 6.07 Å². The predicted molar refractivity (Wildman–Crippen MR) is 85.9 cm³/mol. The van der Waals surface area contributed by atoms with Crippen LogP contribution >= 0.6 is 34.5 Å². The number of thiophene rings is 1. The van der Waals surface area contributed by atoms with Crippen LogP contribution in [-0.4, -0.2) is 15.7 Å². The van der Waals surface area contributed by atoms with Gasteiger partial charge in [-0.3, -0.25) is 9.00 Å². The lowest BCUT2D eigenvalue weighted by atomic mass is 10.2. The SMILES string of the molecule is Cc1ccc(C)c(S(=O)CC(=O)c2cc(Cl)sc2Cl)c1. The summed E-state index contributed by atoms with van der Waals surface area (Å²) in [5.74, 6) is -0.339. The highest BCUT2D eigenvalue weighted by Gasteiger charge is 2.18. The van der Waals surface area contributed by atoms with E-state index < -0.39 is 10.8 Å². The number of hydrogen-bond acceptors (Lipinski definition) is 3. The van der Waals surface area contributed by atoms with Crippen LogP contribution < -0.4 is 0 Å². The van der Waals surface area contributed by atoms with Crippen molar-refractivity contribution in [2.45, 2.75) is 18.7 Å². The van der Waals surface area contributed by atoms with Crippen LogP contribution in [0.5, 0.6) is 0 Å². The van der Waals surface area contributed by atoms with Gasteiger partial charge in [-0.05, 0) is 37.1 Å². The summed E-state index contributed by atoms with van der Waals surface area (Å²) in [4.78, 5) is 12.8. The number of Topliss-reactive ketones (excluding diaryl/α,β-unsaturated/α-hetero) is 1. The zero-order chi connectivity index (χ0) is 14.9. The van der Waals surface area contributed by atoms with Crippen molar-refractivity contribution in [1.29, 1.82) is 0 Å². The van der Waals surface area contributed by atoms with Gasteiger partial charge in [0.1, 0.15) is 4.34 Å². The van der Waals surface area contributed by atoms with Gasteiger partial charge in [0, 0.05) is 10.5 Å². The first-order valence-electron chi connectivity index (χ1n) is 5.82. The molecule has 2 rings (SSSR count). The molecule has 1 atom stereocenters. The lowest BCUT2D eigenvalue weighted by molar-refractivity contribution is 0.102. The van der Waals surface area contributed by atoms with Crippen LogP contribution in [0.2, 0.25) is 8.67 Å². The maximum atomic E-state index is 12.3. The van der Waals surface area contributed by atoms with Gasteiger partial charge in [0.05, 0.1) is 20.9 Å². The molecule has 0 radical (unpaired) electrons. The molecule has 2 aromatic rings. The Morgan fingerprint density at radius 2 is 1.95 bits per heavy atom. The van der Waals surface area contributed by atoms with E-state index in [4.69, 9.17) is 23.2 Å². The van der Waals surface area contributed by atoms with E-state index in [9.17, 15) is 9.00 Å². The Labute approximate surface area is 134 Å². The molecule has 0 N–H and O–H groups in total. The number of aryl methyl sites for hydroxylation is 2. The monoisotopic (exact) mass is 346 g/mol. The van der Waals surface area contributed by atoms with Gasteiger partial charge in [0.25, 0.3) is 0 Å². The molecule has 0 fully saturated rings. The van der Waals surface area contributed by atoms with Gasteiger partial charge >= 0.3 is 0 Å². The molecule has 0 saturated heterocycles. The molecule has 0 saturated carbocycles. The number of carbonyl (C=O) groups excluding carboxylic acids is 1. The molecule has 0 amide bonds. The Bertz CT molecular complexity index is 692. The Morgan fingerprint density at radius 1 is 1.25 bits per heavy atom. The summed E-state index contributed by atoms with van der Waals surface area (Å²) in [5.41, 5.74) is 2.28. The fourth-order valence-electron chi connectivity index (χ4n) is 1.76. The summed E-state index contributed by atoms with van der Waals surface area (Å²) in [5, 5.41) is 0. The third kappa shape index (κ3) is 3.50. The summed E-state index contributed by atoms with van der Waals surface area (Å²) < 4.78 is 13.1. The Balaban J connectivity index is 2.21. The molecule has 6 heteroatoms. The lowest BCUT2D eigenvalue weighted by Gasteiger charge is -2.06. The standard InChI is InChI=1S/C14H12Cl2O2S2/c1-8-3-4-9(2)12(5-8)20(18)7-11(17)10-6-13(15)19-14(10)16/h3-6H,7H2,1-2H3. The van der Waals surface area contributed by atoms with Gasteiger partial charge in [-0.1, -0.05) is 35.3 Å². The smallest absolute Gasteiger partial charge is 0.178 e. The third-order valence-electron chi connectivity index (χ3n) is 2.81. The van der Waals surface area contributed by atoms with Gasteiger partial charge in [0.15, 0.2) is 5.78 Å². The van der Waals surface area contributed by atoms with Crippen LogP contribution in [0.1, 0.15) is 21.5 Å². The summed E-state index contributed by atoms with van der Waals surface area (Å²) in [6.07, 6.45) is 0. The average molecular weight is 347 g/mol. The molecule has 1 aromatic carbocycles. The molecule has 106 valence electrons. The van der Waals surface area contributed by atoms with Crippen molar-refractivity contribution in [3.8, 4) is 0 Å². The number of benzene rings is 1. The van der Waals surface area contributed by atoms with Crippen molar-refractivity contribution >= 4 is 51.1 Å². The first-order chi connectivity index (χ1) is 9.38. The molecule has 0 aliphatic rings. The summed E-state index contributed by atoms with van der Waals surface area (Å²) >= 11 is 12.9. The average Bonchev–Trinajstić information content (AvgIpc) is 2.71. The molecule has 1 heterocycles. The minimum atomic E-state index is -1.38. The first kappa shape index (κ1) is 15.7.